The van der Waals surface area contributed by atoms with Crippen LogP contribution in [0, 0.1) is 0 Å². The van der Waals surface area contributed by atoms with E-state index in [1.165, 1.54) is 36.4 Å². The third-order valence-electron chi connectivity index (χ3n) is 3.51. The van der Waals surface area contributed by atoms with Crippen LogP contribution < -0.4 is 5.73 Å². The van der Waals surface area contributed by atoms with E-state index in [0.717, 1.165) is 18.8 Å². The largest absolute Gasteiger partial charge is 0.319 e. The maximum Gasteiger partial charge on any atom is 0.113 e. The summed E-state index contributed by atoms with van der Waals surface area (Å²) in [7, 11) is 0. The molecule has 0 aliphatic heterocycles. The molecular weight excluding hydrogens is 192 g/mol. The zero-order chi connectivity index (χ0) is 9.60. The van der Waals surface area contributed by atoms with E-state index >= 15 is 0 Å². The van der Waals surface area contributed by atoms with E-state index < -0.39 is 0 Å². The minimum absolute atomic E-state index is 0.0263. The number of nitrogens with zero attached hydrogens (tertiary/aromatic N) is 1. The fourth-order valence-electron chi connectivity index (χ4n) is 2.27. The standard InChI is InChI=1S/C11H16N2S/c12-11(5-6-11)10-13-9(7-14-10)8-3-1-2-4-8/h7-8H,1-6,12H2. The third-order valence-corrected chi connectivity index (χ3v) is 4.59. The van der Waals surface area contributed by atoms with Crippen molar-refractivity contribution in [2.75, 3.05) is 0 Å². The van der Waals surface area contributed by atoms with Gasteiger partial charge in [0.25, 0.3) is 0 Å². The smallest absolute Gasteiger partial charge is 0.113 e. The minimum Gasteiger partial charge on any atom is -0.319 e. The van der Waals surface area contributed by atoms with Crippen LogP contribution in [0.2, 0.25) is 0 Å². The molecule has 2 nitrogen and oxygen atoms in total. The Balaban J connectivity index is 1.82. The van der Waals surface area contributed by atoms with Gasteiger partial charge in [-0.3, -0.25) is 0 Å². The molecule has 0 amide bonds. The van der Waals surface area contributed by atoms with Crippen LogP contribution in [0.25, 0.3) is 0 Å². The molecule has 1 aromatic rings. The first kappa shape index (κ1) is 8.86. The second kappa shape index (κ2) is 3.04. The van der Waals surface area contributed by atoms with Crippen LogP contribution in [0.5, 0.6) is 0 Å². The zero-order valence-electron chi connectivity index (χ0n) is 8.33. The lowest BCUT2D eigenvalue weighted by molar-refractivity contribution is 0.676. The van der Waals surface area contributed by atoms with E-state index in [1.54, 1.807) is 11.3 Å². The van der Waals surface area contributed by atoms with Crippen LogP contribution in [0.3, 0.4) is 0 Å². The van der Waals surface area contributed by atoms with E-state index in [-0.39, 0.29) is 5.54 Å². The molecule has 14 heavy (non-hydrogen) atoms. The minimum atomic E-state index is -0.0263. The summed E-state index contributed by atoms with van der Waals surface area (Å²) in [4.78, 5) is 4.72. The van der Waals surface area contributed by atoms with Crippen LogP contribution in [-0.4, -0.2) is 4.98 Å². The molecule has 0 atom stereocenters. The normalized spacial score (nSPS) is 25.5. The topological polar surface area (TPSA) is 38.9 Å². The summed E-state index contributed by atoms with van der Waals surface area (Å²) in [6.07, 6.45) is 7.69. The van der Waals surface area contributed by atoms with Crippen molar-refractivity contribution in [2.24, 2.45) is 5.73 Å². The van der Waals surface area contributed by atoms with E-state index in [1.807, 2.05) is 0 Å². The second-order valence-electron chi connectivity index (χ2n) is 4.72. The van der Waals surface area contributed by atoms with Crippen LogP contribution in [-0.2, 0) is 5.54 Å². The summed E-state index contributed by atoms with van der Waals surface area (Å²) >= 11 is 1.77. The zero-order valence-corrected chi connectivity index (χ0v) is 9.15. The summed E-state index contributed by atoms with van der Waals surface area (Å²) in [6, 6.07) is 0. The molecule has 2 saturated carbocycles. The van der Waals surface area contributed by atoms with E-state index in [9.17, 15) is 0 Å². The average molecular weight is 208 g/mol. The highest BCUT2D eigenvalue weighted by Crippen LogP contribution is 2.45. The molecule has 2 N–H and O–H groups in total. The van der Waals surface area contributed by atoms with E-state index in [0.29, 0.717) is 0 Å². The Morgan fingerprint density at radius 1 is 1.36 bits per heavy atom. The first-order valence-electron chi connectivity index (χ1n) is 5.53. The summed E-state index contributed by atoms with van der Waals surface area (Å²) in [5.41, 5.74) is 7.42. The van der Waals surface area contributed by atoms with Crippen LogP contribution in [0.15, 0.2) is 5.38 Å². The van der Waals surface area contributed by atoms with Gasteiger partial charge < -0.3 is 5.73 Å². The fourth-order valence-corrected chi connectivity index (χ4v) is 3.35. The van der Waals surface area contributed by atoms with Gasteiger partial charge in [-0.25, -0.2) is 4.98 Å². The van der Waals surface area contributed by atoms with Crippen molar-refractivity contribution in [2.45, 2.75) is 50.0 Å². The van der Waals surface area contributed by atoms with Crippen molar-refractivity contribution in [3.8, 4) is 0 Å². The highest BCUT2D eigenvalue weighted by Gasteiger charge is 2.43. The average Bonchev–Trinajstić information content (AvgIpc) is 2.73. The van der Waals surface area contributed by atoms with E-state index in [2.05, 4.69) is 5.38 Å². The Morgan fingerprint density at radius 2 is 2.07 bits per heavy atom. The van der Waals surface area contributed by atoms with Crippen molar-refractivity contribution >= 4 is 11.3 Å². The molecule has 1 aromatic heterocycles. The van der Waals surface area contributed by atoms with Crippen LogP contribution in [0.4, 0.5) is 0 Å². The van der Waals surface area contributed by atoms with Gasteiger partial charge in [0.15, 0.2) is 0 Å². The predicted molar refractivity (Wildman–Crippen MR) is 58.4 cm³/mol. The molecule has 0 aromatic carbocycles. The van der Waals surface area contributed by atoms with Gasteiger partial charge in [0, 0.05) is 11.3 Å². The number of rotatable bonds is 2. The highest BCUT2D eigenvalue weighted by atomic mass is 32.1. The fraction of sp³-hybridized carbons (Fsp3) is 0.727. The molecule has 1 heterocycles. The number of thiazole rings is 1. The lowest BCUT2D eigenvalue weighted by Gasteiger charge is -2.05. The van der Waals surface area contributed by atoms with Crippen molar-refractivity contribution in [1.29, 1.82) is 0 Å². The molecule has 0 radical (unpaired) electrons. The van der Waals surface area contributed by atoms with E-state index in [4.69, 9.17) is 10.7 Å². The molecule has 3 heteroatoms. The Hall–Kier alpha value is -0.410. The van der Waals surface area contributed by atoms with Crippen LogP contribution in [0.1, 0.15) is 55.1 Å². The van der Waals surface area contributed by atoms with Crippen molar-refractivity contribution in [3.63, 3.8) is 0 Å². The molecule has 2 aliphatic carbocycles. The predicted octanol–water partition coefficient (Wildman–Crippen LogP) is 2.75. The first-order valence-corrected chi connectivity index (χ1v) is 6.41. The van der Waals surface area contributed by atoms with Crippen molar-refractivity contribution < 1.29 is 0 Å². The van der Waals surface area contributed by atoms with Gasteiger partial charge >= 0.3 is 0 Å². The maximum atomic E-state index is 6.13. The summed E-state index contributed by atoms with van der Waals surface area (Å²) in [5.74, 6) is 0.738. The van der Waals surface area contributed by atoms with Gasteiger partial charge in [0.05, 0.1) is 11.2 Å². The first-order chi connectivity index (χ1) is 6.78. The molecule has 2 fully saturated rings. The van der Waals surface area contributed by atoms with Gasteiger partial charge in [-0.1, -0.05) is 12.8 Å². The van der Waals surface area contributed by atoms with Gasteiger partial charge in [0.2, 0.25) is 0 Å². The van der Waals surface area contributed by atoms with Crippen molar-refractivity contribution in [1.82, 2.24) is 4.98 Å². The third kappa shape index (κ3) is 1.39. The Kier molecular flexibility index (Phi) is 1.92. The Labute approximate surface area is 88.5 Å². The summed E-state index contributed by atoms with van der Waals surface area (Å²) in [5, 5.41) is 3.41. The van der Waals surface area contributed by atoms with Gasteiger partial charge in [-0.05, 0) is 25.7 Å². The number of aromatic nitrogens is 1. The molecule has 0 bridgehead atoms. The summed E-state index contributed by atoms with van der Waals surface area (Å²) < 4.78 is 0. The second-order valence-corrected chi connectivity index (χ2v) is 5.57. The van der Waals surface area contributed by atoms with Crippen molar-refractivity contribution in [3.05, 3.63) is 16.1 Å². The Morgan fingerprint density at radius 3 is 2.71 bits per heavy atom. The lowest BCUT2D eigenvalue weighted by Crippen LogP contribution is -2.18. The lowest BCUT2D eigenvalue weighted by atomic mass is 10.1. The molecule has 0 spiro atoms. The monoisotopic (exact) mass is 208 g/mol. The quantitative estimate of drug-likeness (QED) is 0.811. The molecule has 3 rings (SSSR count). The molecule has 76 valence electrons. The maximum absolute atomic E-state index is 6.13. The van der Waals surface area contributed by atoms with Crippen LogP contribution >= 0.6 is 11.3 Å². The van der Waals surface area contributed by atoms with Gasteiger partial charge in [-0.2, -0.15) is 0 Å². The van der Waals surface area contributed by atoms with Gasteiger partial charge in [0.1, 0.15) is 5.01 Å². The Bertz CT molecular complexity index is 335. The molecule has 0 unspecified atom stereocenters. The number of nitrogens with two attached hydrogens (primary N) is 1. The summed E-state index contributed by atoms with van der Waals surface area (Å²) in [6.45, 7) is 0. The number of hydrogen-bond acceptors (Lipinski definition) is 3. The highest BCUT2D eigenvalue weighted by molar-refractivity contribution is 7.09. The molecule has 0 saturated heterocycles. The molecular formula is C11H16N2S. The SMILES string of the molecule is NC1(c2nc(C3CCCC3)cs2)CC1. The number of hydrogen-bond donors (Lipinski definition) is 1. The molecule has 2 aliphatic rings. The van der Waals surface area contributed by atoms with Gasteiger partial charge in [-0.15, -0.1) is 11.3 Å².